The molecule has 1 saturated heterocycles. The van der Waals surface area contributed by atoms with Gasteiger partial charge >= 0.3 is 12.0 Å². The summed E-state index contributed by atoms with van der Waals surface area (Å²) in [6, 6.07) is 6.88. The number of nitrogens with one attached hydrogen (secondary N) is 1. The Morgan fingerprint density at radius 1 is 1.13 bits per heavy atom. The van der Waals surface area contributed by atoms with Gasteiger partial charge in [-0.15, -0.1) is 11.3 Å². The summed E-state index contributed by atoms with van der Waals surface area (Å²) in [6.45, 7) is -0.574. The number of anilines is 1. The standard InChI is InChI=1S/C18H20N2O9S/c19-18(27)20-9-5-11(30-15(9)16(25)26)7-1-3-8(4-2-7)28-17-14(24)13(23)12(22)10(6-21)29-17/h1-5,10,12-14,17,21-24H,6H2,(H,25,26)(H3,19,20,27)/t10-,12-,13+,14?,17?/m1/s1. The van der Waals surface area contributed by atoms with E-state index in [4.69, 9.17) is 15.2 Å². The quantitative estimate of drug-likeness (QED) is 0.318. The second-order valence-electron chi connectivity index (χ2n) is 6.49. The van der Waals surface area contributed by atoms with E-state index in [0.717, 1.165) is 11.3 Å². The molecule has 0 radical (unpaired) electrons. The Balaban J connectivity index is 1.77. The molecule has 3 rings (SSSR count). The van der Waals surface area contributed by atoms with Gasteiger partial charge in [-0.25, -0.2) is 9.59 Å². The van der Waals surface area contributed by atoms with Gasteiger partial charge in [-0.1, -0.05) is 0 Å². The minimum absolute atomic E-state index is 0.0783. The van der Waals surface area contributed by atoms with Crippen LogP contribution in [0.15, 0.2) is 30.3 Å². The topological polar surface area (TPSA) is 192 Å². The number of aromatic carboxylic acids is 1. The van der Waals surface area contributed by atoms with Gasteiger partial charge in [0.05, 0.1) is 12.3 Å². The molecule has 1 aromatic heterocycles. The summed E-state index contributed by atoms with van der Waals surface area (Å²) in [4.78, 5) is 22.9. The van der Waals surface area contributed by atoms with Crippen molar-refractivity contribution in [2.75, 3.05) is 11.9 Å². The number of ether oxygens (including phenoxy) is 2. The Morgan fingerprint density at radius 2 is 1.80 bits per heavy atom. The van der Waals surface area contributed by atoms with Crippen LogP contribution in [-0.4, -0.2) is 74.8 Å². The lowest BCUT2D eigenvalue weighted by Crippen LogP contribution is -2.60. The van der Waals surface area contributed by atoms with E-state index in [-0.39, 0.29) is 16.3 Å². The number of amides is 2. The molecule has 1 fully saturated rings. The molecule has 2 aromatic rings. The Labute approximate surface area is 173 Å². The maximum Gasteiger partial charge on any atom is 0.348 e. The highest BCUT2D eigenvalue weighted by Gasteiger charge is 2.44. The third-order valence-electron chi connectivity index (χ3n) is 4.42. The number of nitrogens with two attached hydrogens (primary N) is 1. The monoisotopic (exact) mass is 440 g/mol. The van der Waals surface area contributed by atoms with Crippen LogP contribution in [0.3, 0.4) is 0 Å². The largest absolute Gasteiger partial charge is 0.477 e. The van der Waals surface area contributed by atoms with Crippen molar-refractivity contribution in [3.05, 3.63) is 35.2 Å². The Kier molecular flexibility index (Phi) is 6.55. The van der Waals surface area contributed by atoms with Crippen LogP contribution < -0.4 is 15.8 Å². The van der Waals surface area contributed by atoms with Gasteiger partial charge < -0.3 is 46.1 Å². The summed E-state index contributed by atoms with van der Waals surface area (Å²) in [5.41, 5.74) is 5.77. The number of aliphatic hydroxyl groups excluding tert-OH is 4. The molecule has 1 aromatic carbocycles. The molecule has 12 heteroatoms. The first kappa shape index (κ1) is 22.0. The number of rotatable bonds is 6. The minimum Gasteiger partial charge on any atom is -0.477 e. The minimum atomic E-state index is -1.56. The number of thiophene rings is 1. The van der Waals surface area contributed by atoms with Crippen LogP contribution in [0.25, 0.3) is 10.4 Å². The van der Waals surface area contributed by atoms with Crippen LogP contribution in [0, 0.1) is 0 Å². The highest BCUT2D eigenvalue weighted by Crippen LogP contribution is 2.36. The second-order valence-corrected chi connectivity index (χ2v) is 7.54. The fraction of sp³-hybridized carbons (Fsp3) is 0.333. The molecule has 0 aliphatic carbocycles. The molecule has 5 atom stereocenters. The number of urea groups is 1. The summed E-state index contributed by atoms with van der Waals surface area (Å²) < 4.78 is 10.8. The molecule has 0 saturated carbocycles. The highest BCUT2D eigenvalue weighted by atomic mass is 32.1. The Hall–Kier alpha value is -2.74. The van der Waals surface area contributed by atoms with Crippen molar-refractivity contribution in [1.82, 2.24) is 0 Å². The molecule has 11 nitrogen and oxygen atoms in total. The van der Waals surface area contributed by atoms with E-state index in [9.17, 15) is 35.1 Å². The molecule has 2 amide bonds. The average molecular weight is 440 g/mol. The van der Waals surface area contributed by atoms with Crippen LogP contribution >= 0.6 is 11.3 Å². The molecule has 2 heterocycles. The third-order valence-corrected chi connectivity index (χ3v) is 5.60. The van der Waals surface area contributed by atoms with Gasteiger partial charge in [0.2, 0.25) is 6.29 Å². The van der Waals surface area contributed by atoms with Crippen LogP contribution in [0.1, 0.15) is 9.67 Å². The summed E-state index contributed by atoms with van der Waals surface area (Å²) >= 11 is 0.944. The zero-order valence-electron chi connectivity index (χ0n) is 15.3. The smallest absolute Gasteiger partial charge is 0.348 e. The van der Waals surface area contributed by atoms with Crippen molar-refractivity contribution in [3.8, 4) is 16.2 Å². The third kappa shape index (κ3) is 4.53. The Bertz CT molecular complexity index is 915. The van der Waals surface area contributed by atoms with Crippen LogP contribution in [0.2, 0.25) is 0 Å². The fourth-order valence-electron chi connectivity index (χ4n) is 2.91. The number of carboxylic acids is 1. The number of carbonyl (C=O) groups excluding carboxylic acids is 1. The van der Waals surface area contributed by atoms with Crippen LogP contribution in [0.4, 0.5) is 10.5 Å². The van der Waals surface area contributed by atoms with E-state index < -0.39 is 49.3 Å². The number of hydrogen-bond acceptors (Lipinski definition) is 9. The van der Waals surface area contributed by atoms with Crippen molar-refractivity contribution >= 4 is 29.0 Å². The first-order valence-electron chi connectivity index (χ1n) is 8.72. The first-order chi connectivity index (χ1) is 14.2. The average Bonchev–Trinajstić information content (AvgIpc) is 3.12. The van der Waals surface area contributed by atoms with E-state index in [1.165, 1.54) is 18.2 Å². The molecule has 1 aliphatic rings. The van der Waals surface area contributed by atoms with E-state index in [1.54, 1.807) is 12.1 Å². The van der Waals surface area contributed by atoms with Crippen molar-refractivity contribution in [2.24, 2.45) is 5.73 Å². The molecule has 0 bridgehead atoms. The Morgan fingerprint density at radius 3 is 2.37 bits per heavy atom. The second kappa shape index (κ2) is 8.95. The van der Waals surface area contributed by atoms with E-state index in [0.29, 0.717) is 10.4 Å². The number of carbonyl (C=O) groups is 2. The summed E-state index contributed by atoms with van der Waals surface area (Å²) in [6.07, 6.45) is -7.00. The van der Waals surface area contributed by atoms with Crippen molar-refractivity contribution in [3.63, 3.8) is 0 Å². The molecule has 8 N–H and O–H groups in total. The normalized spacial score (nSPS) is 26.2. The molecule has 2 unspecified atom stereocenters. The zero-order valence-corrected chi connectivity index (χ0v) is 16.2. The predicted molar refractivity (Wildman–Crippen MR) is 104 cm³/mol. The molecular formula is C18H20N2O9S. The lowest BCUT2D eigenvalue weighted by molar-refractivity contribution is -0.277. The van der Waals surface area contributed by atoms with E-state index in [2.05, 4.69) is 5.32 Å². The van der Waals surface area contributed by atoms with Gasteiger partial charge in [0.25, 0.3) is 0 Å². The molecule has 0 spiro atoms. The fourth-order valence-corrected chi connectivity index (χ4v) is 3.87. The van der Waals surface area contributed by atoms with Gasteiger partial charge in [-0.05, 0) is 35.9 Å². The van der Waals surface area contributed by atoms with Gasteiger partial charge in [-0.3, -0.25) is 0 Å². The summed E-state index contributed by atoms with van der Waals surface area (Å²) in [5.74, 6) is -0.953. The van der Waals surface area contributed by atoms with Gasteiger partial charge in [0.1, 0.15) is 35.0 Å². The van der Waals surface area contributed by atoms with Crippen molar-refractivity contribution < 1.29 is 44.6 Å². The molecular weight excluding hydrogens is 420 g/mol. The van der Waals surface area contributed by atoms with Gasteiger partial charge in [-0.2, -0.15) is 0 Å². The van der Waals surface area contributed by atoms with Crippen molar-refractivity contribution in [2.45, 2.75) is 30.7 Å². The molecule has 162 valence electrons. The van der Waals surface area contributed by atoms with Gasteiger partial charge in [0, 0.05) is 4.88 Å². The molecule has 1 aliphatic heterocycles. The maximum absolute atomic E-state index is 11.4. The maximum atomic E-state index is 11.4. The number of hydrogen-bond donors (Lipinski definition) is 7. The number of carboxylic acid groups (broad SMARTS) is 1. The SMILES string of the molecule is NC(=O)Nc1cc(-c2ccc(OC3O[C@H](CO)[C@@H](O)[C@H](O)C3O)cc2)sc1C(=O)O. The van der Waals surface area contributed by atoms with Crippen LogP contribution in [-0.2, 0) is 4.74 Å². The lowest BCUT2D eigenvalue weighted by Gasteiger charge is -2.39. The first-order valence-corrected chi connectivity index (χ1v) is 9.54. The van der Waals surface area contributed by atoms with Gasteiger partial charge in [0.15, 0.2) is 0 Å². The zero-order chi connectivity index (χ0) is 22.0. The number of benzene rings is 1. The van der Waals surface area contributed by atoms with Crippen molar-refractivity contribution in [1.29, 1.82) is 0 Å². The number of primary amides is 1. The van der Waals surface area contributed by atoms with E-state index in [1.807, 2.05) is 0 Å². The highest BCUT2D eigenvalue weighted by molar-refractivity contribution is 7.18. The number of aliphatic hydroxyl groups is 4. The molecule has 30 heavy (non-hydrogen) atoms. The van der Waals surface area contributed by atoms with E-state index >= 15 is 0 Å². The predicted octanol–water partition coefficient (Wildman–Crippen LogP) is -0.217. The summed E-state index contributed by atoms with van der Waals surface area (Å²) in [7, 11) is 0. The summed E-state index contributed by atoms with van der Waals surface area (Å²) in [5, 5.41) is 50.4. The van der Waals surface area contributed by atoms with Crippen LogP contribution in [0.5, 0.6) is 5.75 Å². The lowest BCUT2D eigenvalue weighted by atomic mass is 9.99.